The number of aryl methyl sites for hydroxylation is 1. The molecule has 0 aliphatic carbocycles. The first-order valence-corrected chi connectivity index (χ1v) is 7.76. The van der Waals surface area contributed by atoms with Crippen LogP contribution in [0.2, 0.25) is 0 Å². The Morgan fingerprint density at radius 2 is 2.12 bits per heavy atom. The van der Waals surface area contributed by atoms with Crippen LogP contribution in [0.3, 0.4) is 0 Å². The molecule has 3 heteroatoms. The summed E-state index contributed by atoms with van der Waals surface area (Å²) in [7, 11) is 0. The maximum absolute atomic E-state index is 3.66. The predicted octanol–water partition coefficient (Wildman–Crippen LogP) is 3.74. The second kappa shape index (κ2) is 6.08. The summed E-state index contributed by atoms with van der Waals surface area (Å²) in [6.07, 6.45) is 2.64. The van der Waals surface area contributed by atoms with E-state index < -0.39 is 0 Å². The zero-order valence-electron chi connectivity index (χ0n) is 9.63. The van der Waals surface area contributed by atoms with Gasteiger partial charge in [0, 0.05) is 17.1 Å². The lowest BCUT2D eigenvalue weighted by atomic mass is 10.1. The second-order valence-electron chi connectivity index (χ2n) is 4.35. The molecule has 1 aromatic rings. The first-order chi connectivity index (χ1) is 7.75. The van der Waals surface area contributed by atoms with Gasteiger partial charge in [0.15, 0.2) is 0 Å². The van der Waals surface area contributed by atoms with Crippen molar-refractivity contribution >= 4 is 27.7 Å². The van der Waals surface area contributed by atoms with Crippen molar-refractivity contribution in [3.8, 4) is 0 Å². The Morgan fingerprint density at radius 3 is 2.81 bits per heavy atom. The summed E-state index contributed by atoms with van der Waals surface area (Å²) in [4.78, 5) is 0. The molecule has 0 amide bonds. The predicted molar refractivity (Wildman–Crippen MR) is 76.1 cm³/mol. The van der Waals surface area contributed by atoms with Gasteiger partial charge in [0.05, 0.1) is 0 Å². The standard InChI is InChI=1S/C13H18BrNS/c1-10-8-11(2-3-13(10)14)9-15-12-4-6-16-7-5-12/h2-3,8,12,15H,4-7,9H2,1H3. The van der Waals surface area contributed by atoms with E-state index >= 15 is 0 Å². The van der Waals surface area contributed by atoms with Crippen LogP contribution < -0.4 is 5.32 Å². The quantitative estimate of drug-likeness (QED) is 0.912. The third kappa shape index (κ3) is 3.51. The number of nitrogens with one attached hydrogen (secondary N) is 1. The number of hydrogen-bond donors (Lipinski definition) is 1. The van der Waals surface area contributed by atoms with Crippen molar-refractivity contribution in [2.45, 2.75) is 32.4 Å². The van der Waals surface area contributed by atoms with Gasteiger partial charge in [0.25, 0.3) is 0 Å². The van der Waals surface area contributed by atoms with Crippen molar-refractivity contribution in [2.24, 2.45) is 0 Å². The van der Waals surface area contributed by atoms with Gasteiger partial charge >= 0.3 is 0 Å². The van der Waals surface area contributed by atoms with Crippen LogP contribution >= 0.6 is 27.7 Å². The molecule has 1 saturated heterocycles. The molecule has 88 valence electrons. The normalized spacial score (nSPS) is 17.6. The number of halogens is 1. The van der Waals surface area contributed by atoms with Crippen LogP contribution in [0.15, 0.2) is 22.7 Å². The summed E-state index contributed by atoms with van der Waals surface area (Å²) >= 11 is 5.61. The van der Waals surface area contributed by atoms with Crippen molar-refractivity contribution in [1.29, 1.82) is 0 Å². The Labute approximate surface area is 111 Å². The number of benzene rings is 1. The van der Waals surface area contributed by atoms with Crippen LogP contribution in [0.25, 0.3) is 0 Å². The molecular formula is C13H18BrNS. The maximum Gasteiger partial charge on any atom is 0.0208 e. The highest BCUT2D eigenvalue weighted by Crippen LogP contribution is 2.19. The van der Waals surface area contributed by atoms with E-state index in [9.17, 15) is 0 Å². The minimum atomic E-state index is 0.727. The van der Waals surface area contributed by atoms with Gasteiger partial charge in [-0.2, -0.15) is 11.8 Å². The molecule has 1 aliphatic heterocycles. The average Bonchev–Trinajstić information content (AvgIpc) is 2.32. The molecule has 0 radical (unpaired) electrons. The Bertz CT molecular complexity index is 348. The van der Waals surface area contributed by atoms with Gasteiger partial charge in [0.2, 0.25) is 0 Å². The van der Waals surface area contributed by atoms with E-state index in [1.165, 1.54) is 39.9 Å². The summed E-state index contributed by atoms with van der Waals surface area (Å²) in [5, 5.41) is 3.66. The van der Waals surface area contributed by atoms with Crippen LogP contribution in [-0.2, 0) is 6.54 Å². The lowest BCUT2D eigenvalue weighted by Crippen LogP contribution is -2.32. The monoisotopic (exact) mass is 299 g/mol. The minimum absolute atomic E-state index is 0.727. The second-order valence-corrected chi connectivity index (χ2v) is 6.43. The molecule has 0 unspecified atom stereocenters. The lowest BCUT2D eigenvalue weighted by Gasteiger charge is -2.22. The molecule has 0 aromatic heterocycles. The van der Waals surface area contributed by atoms with E-state index in [0.717, 1.165) is 12.6 Å². The molecule has 1 aliphatic rings. The Hall–Kier alpha value is 0.01000. The number of hydrogen-bond acceptors (Lipinski definition) is 2. The lowest BCUT2D eigenvalue weighted by molar-refractivity contribution is 0.482. The Morgan fingerprint density at radius 1 is 1.38 bits per heavy atom. The first-order valence-electron chi connectivity index (χ1n) is 5.82. The van der Waals surface area contributed by atoms with E-state index in [1.807, 2.05) is 0 Å². The van der Waals surface area contributed by atoms with Crippen molar-refractivity contribution < 1.29 is 0 Å². The molecule has 1 heterocycles. The Balaban J connectivity index is 1.86. The molecule has 1 aromatic carbocycles. The Kier molecular flexibility index (Phi) is 4.74. The van der Waals surface area contributed by atoms with E-state index in [0.29, 0.717) is 0 Å². The van der Waals surface area contributed by atoms with Crippen LogP contribution in [0.1, 0.15) is 24.0 Å². The third-order valence-electron chi connectivity index (χ3n) is 3.04. The number of rotatable bonds is 3. The summed E-state index contributed by atoms with van der Waals surface area (Å²) in [6, 6.07) is 7.32. The highest BCUT2D eigenvalue weighted by molar-refractivity contribution is 9.10. The summed E-state index contributed by atoms with van der Waals surface area (Å²) < 4.78 is 1.20. The smallest absolute Gasteiger partial charge is 0.0208 e. The molecule has 2 rings (SSSR count). The van der Waals surface area contributed by atoms with Crippen molar-refractivity contribution in [3.63, 3.8) is 0 Å². The van der Waals surface area contributed by atoms with Gasteiger partial charge in [-0.15, -0.1) is 0 Å². The zero-order chi connectivity index (χ0) is 11.4. The summed E-state index contributed by atoms with van der Waals surface area (Å²) in [5.74, 6) is 2.63. The highest BCUT2D eigenvalue weighted by atomic mass is 79.9. The summed E-state index contributed by atoms with van der Waals surface area (Å²) in [5.41, 5.74) is 2.71. The van der Waals surface area contributed by atoms with Crippen LogP contribution in [0.5, 0.6) is 0 Å². The fourth-order valence-corrected chi connectivity index (χ4v) is 3.33. The molecule has 16 heavy (non-hydrogen) atoms. The van der Waals surface area contributed by atoms with E-state index in [4.69, 9.17) is 0 Å². The van der Waals surface area contributed by atoms with Gasteiger partial charge in [0.1, 0.15) is 0 Å². The maximum atomic E-state index is 3.66. The highest BCUT2D eigenvalue weighted by Gasteiger charge is 2.12. The molecule has 1 N–H and O–H groups in total. The minimum Gasteiger partial charge on any atom is -0.310 e. The van der Waals surface area contributed by atoms with E-state index in [-0.39, 0.29) is 0 Å². The fraction of sp³-hybridized carbons (Fsp3) is 0.538. The van der Waals surface area contributed by atoms with Gasteiger partial charge in [-0.1, -0.05) is 28.1 Å². The van der Waals surface area contributed by atoms with Crippen molar-refractivity contribution in [1.82, 2.24) is 5.32 Å². The molecule has 0 spiro atoms. The van der Waals surface area contributed by atoms with E-state index in [1.54, 1.807) is 0 Å². The molecule has 0 saturated carbocycles. The van der Waals surface area contributed by atoms with Gasteiger partial charge < -0.3 is 5.32 Å². The van der Waals surface area contributed by atoms with Gasteiger partial charge in [-0.25, -0.2) is 0 Å². The fourth-order valence-electron chi connectivity index (χ4n) is 1.98. The summed E-state index contributed by atoms with van der Waals surface area (Å²) in [6.45, 7) is 3.15. The molecular weight excluding hydrogens is 282 g/mol. The number of thioether (sulfide) groups is 1. The first kappa shape index (κ1) is 12.5. The SMILES string of the molecule is Cc1cc(CNC2CCSCC2)ccc1Br. The van der Waals surface area contributed by atoms with Crippen LogP contribution in [0, 0.1) is 6.92 Å². The molecule has 0 bridgehead atoms. The van der Waals surface area contributed by atoms with Crippen molar-refractivity contribution in [2.75, 3.05) is 11.5 Å². The van der Waals surface area contributed by atoms with Gasteiger partial charge in [-0.05, 0) is 48.5 Å². The molecule has 1 fully saturated rings. The average molecular weight is 300 g/mol. The zero-order valence-corrected chi connectivity index (χ0v) is 12.0. The topological polar surface area (TPSA) is 12.0 Å². The third-order valence-corrected chi connectivity index (χ3v) is 4.98. The molecule has 0 atom stereocenters. The van der Waals surface area contributed by atoms with Crippen LogP contribution in [-0.4, -0.2) is 17.5 Å². The van der Waals surface area contributed by atoms with Crippen molar-refractivity contribution in [3.05, 3.63) is 33.8 Å². The van der Waals surface area contributed by atoms with E-state index in [2.05, 4.69) is 58.1 Å². The largest absolute Gasteiger partial charge is 0.310 e. The van der Waals surface area contributed by atoms with Gasteiger partial charge in [-0.3, -0.25) is 0 Å². The van der Waals surface area contributed by atoms with Crippen LogP contribution in [0.4, 0.5) is 0 Å². The molecule has 1 nitrogen and oxygen atoms in total.